The highest BCUT2D eigenvalue weighted by Crippen LogP contribution is 2.26. The summed E-state index contributed by atoms with van der Waals surface area (Å²) in [4.78, 5) is 12.3. The third-order valence-electron chi connectivity index (χ3n) is 4.58. The van der Waals surface area contributed by atoms with Crippen molar-refractivity contribution in [2.75, 3.05) is 5.32 Å². The molecule has 1 amide bonds. The molecule has 0 fully saturated rings. The lowest BCUT2D eigenvalue weighted by Gasteiger charge is -2.20. The third-order valence-corrected chi connectivity index (χ3v) is 7.66. The third kappa shape index (κ3) is 5.68. The van der Waals surface area contributed by atoms with Gasteiger partial charge in [-0.25, -0.2) is 13.1 Å². The van der Waals surface area contributed by atoms with E-state index >= 15 is 0 Å². The molecule has 1 heterocycles. The number of anilines is 1. The van der Waals surface area contributed by atoms with Gasteiger partial charge in [-0.05, 0) is 35.6 Å². The van der Waals surface area contributed by atoms with Gasteiger partial charge < -0.3 is 0 Å². The van der Waals surface area contributed by atoms with Crippen molar-refractivity contribution in [3.8, 4) is 0 Å². The highest BCUT2D eigenvalue weighted by atomic mass is 35.5. The second kappa shape index (κ2) is 9.04. The zero-order valence-electron chi connectivity index (χ0n) is 17.5. The van der Waals surface area contributed by atoms with Crippen molar-refractivity contribution in [3.05, 3.63) is 70.2 Å². The van der Waals surface area contributed by atoms with Gasteiger partial charge in [0.1, 0.15) is 0 Å². The second-order valence-electron chi connectivity index (χ2n) is 8.02. The number of hydrogen-bond donors (Lipinski definition) is 2. The average Bonchev–Trinajstić information content (AvgIpc) is 3.17. The van der Waals surface area contributed by atoms with Crippen LogP contribution in [0.25, 0.3) is 0 Å². The Balaban J connectivity index is 1.70. The molecule has 0 spiro atoms. The summed E-state index contributed by atoms with van der Waals surface area (Å²) in [6.07, 6.45) is 0. The van der Waals surface area contributed by atoms with Gasteiger partial charge in [-0.2, -0.15) is 0 Å². The molecule has 0 saturated carbocycles. The number of sulfonamides is 1. The van der Waals surface area contributed by atoms with E-state index in [-0.39, 0.29) is 25.5 Å². The van der Waals surface area contributed by atoms with Crippen molar-refractivity contribution in [2.45, 2.75) is 43.5 Å². The SMILES string of the molecule is C[C@@H](NS(=O)(=O)c1nnc(NC(=O)c2ccccc2Cl)s1)c1ccc(C(C)(C)C)cc1. The Hall–Kier alpha value is -2.33. The Kier molecular flexibility index (Phi) is 6.80. The summed E-state index contributed by atoms with van der Waals surface area (Å²) in [5.74, 6) is -0.494. The van der Waals surface area contributed by atoms with Crippen LogP contribution in [-0.2, 0) is 15.4 Å². The maximum Gasteiger partial charge on any atom is 0.270 e. The Morgan fingerprint density at radius 1 is 1.06 bits per heavy atom. The first-order valence-corrected chi connectivity index (χ1v) is 12.2. The second-order valence-corrected chi connectivity index (χ2v) is 11.3. The standard InChI is InChI=1S/C21H23ClN4O3S2/c1-13(14-9-11-15(12-10-14)21(2,3)4)26-31(28,29)20-25-24-19(30-20)23-18(27)16-7-5-6-8-17(16)22/h5-13,26H,1-4H3,(H,23,24,27)/t13-/m1/s1. The molecule has 2 N–H and O–H groups in total. The first kappa shape index (κ1) is 23.3. The van der Waals surface area contributed by atoms with E-state index in [0.717, 1.165) is 22.5 Å². The quantitative estimate of drug-likeness (QED) is 0.496. The van der Waals surface area contributed by atoms with Crippen molar-refractivity contribution in [1.29, 1.82) is 0 Å². The van der Waals surface area contributed by atoms with Gasteiger partial charge in [-0.1, -0.05) is 80.1 Å². The van der Waals surface area contributed by atoms with Crippen molar-refractivity contribution < 1.29 is 13.2 Å². The van der Waals surface area contributed by atoms with Crippen molar-refractivity contribution in [1.82, 2.24) is 14.9 Å². The van der Waals surface area contributed by atoms with E-state index in [0.29, 0.717) is 0 Å². The van der Waals surface area contributed by atoms with Crippen LogP contribution in [0.2, 0.25) is 5.02 Å². The van der Waals surface area contributed by atoms with Crippen molar-refractivity contribution in [2.24, 2.45) is 0 Å². The van der Waals surface area contributed by atoms with Gasteiger partial charge in [-0.3, -0.25) is 10.1 Å². The Morgan fingerprint density at radius 3 is 2.32 bits per heavy atom. The summed E-state index contributed by atoms with van der Waals surface area (Å²) in [5.41, 5.74) is 2.26. The number of amides is 1. The van der Waals surface area contributed by atoms with Crippen LogP contribution in [0.15, 0.2) is 52.9 Å². The van der Waals surface area contributed by atoms with E-state index < -0.39 is 22.0 Å². The van der Waals surface area contributed by atoms with E-state index in [1.54, 1.807) is 31.2 Å². The smallest absolute Gasteiger partial charge is 0.270 e. The van der Waals surface area contributed by atoms with E-state index in [1.165, 1.54) is 0 Å². The fraction of sp³-hybridized carbons (Fsp3) is 0.286. The van der Waals surface area contributed by atoms with Gasteiger partial charge >= 0.3 is 0 Å². The fourth-order valence-electron chi connectivity index (χ4n) is 2.80. The van der Waals surface area contributed by atoms with Gasteiger partial charge in [-0.15, -0.1) is 10.2 Å². The first-order valence-electron chi connectivity index (χ1n) is 9.49. The number of carbonyl (C=O) groups is 1. The summed E-state index contributed by atoms with van der Waals surface area (Å²) in [6, 6.07) is 13.9. The molecule has 3 rings (SSSR count). The van der Waals surface area contributed by atoms with Crippen LogP contribution in [0.5, 0.6) is 0 Å². The minimum absolute atomic E-state index is 0.0125. The van der Waals surface area contributed by atoms with E-state index in [1.807, 2.05) is 24.3 Å². The van der Waals surface area contributed by atoms with E-state index in [9.17, 15) is 13.2 Å². The van der Waals surface area contributed by atoms with Crippen LogP contribution in [0.4, 0.5) is 5.13 Å². The zero-order chi connectivity index (χ0) is 22.8. The maximum absolute atomic E-state index is 12.7. The monoisotopic (exact) mass is 478 g/mol. The molecule has 1 atom stereocenters. The van der Waals surface area contributed by atoms with Crippen LogP contribution < -0.4 is 10.0 Å². The Bertz CT molecular complexity index is 1190. The molecular formula is C21H23ClN4O3S2. The van der Waals surface area contributed by atoms with Crippen LogP contribution in [0.3, 0.4) is 0 Å². The number of carbonyl (C=O) groups excluding carboxylic acids is 1. The molecule has 0 saturated heterocycles. The largest absolute Gasteiger partial charge is 0.296 e. The zero-order valence-corrected chi connectivity index (χ0v) is 19.9. The van der Waals surface area contributed by atoms with E-state index in [2.05, 4.69) is 41.0 Å². The maximum atomic E-state index is 12.7. The van der Waals surface area contributed by atoms with E-state index in [4.69, 9.17) is 11.6 Å². The molecule has 0 bridgehead atoms. The summed E-state index contributed by atoms with van der Waals surface area (Å²) in [6.45, 7) is 8.11. The summed E-state index contributed by atoms with van der Waals surface area (Å²) >= 11 is 6.78. The number of halogens is 1. The molecular weight excluding hydrogens is 456 g/mol. The number of nitrogens with one attached hydrogen (secondary N) is 2. The molecule has 0 aliphatic heterocycles. The van der Waals surface area contributed by atoms with Crippen LogP contribution in [-0.4, -0.2) is 24.5 Å². The molecule has 164 valence electrons. The van der Waals surface area contributed by atoms with Crippen LogP contribution in [0, 0.1) is 0 Å². The van der Waals surface area contributed by atoms with Crippen molar-refractivity contribution in [3.63, 3.8) is 0 Å². The summed E-state index contributed by atoms with van der Waals surface area (Å²) in [5, 5.41) is 10.4. The molecule has 2 aromatic carbocycles. The van der Waals surface area contributed by atoms with Gasteiger partial charge in [0.15, 0.2) is 0 Å². The number of hydrogen-bond acceptors (Lipinski definition) is 6. The molecule has 31 heavy (non-hydrogen) atoms. The van der Waals surface area contributed by atoms with Crippen LogP contribution >= 0.6 is 22.9 Å². The molecule has 0 radical (unpaired) electrons. The molecule has 10 heteroatoms. The van der Waals surface area contributed by atoms with Gasteiger partial charge in [0.25, 0.3) is 15.9 Å². The predicted octanol–water partition coefficient (Wildman–Crippen LogP) is 4.78. The average molecular weight is 479 g/mol. The first-order chi connectivity index (χ1) is 14.5. The predicted molar refractivity (Wildman–Crippen MR) is 123 cm³/mol. The minimum atomic E-state index is -3.92. The molecule has 7 nitrogen and oxygen atoms in total. The Morgan fingerprint density at radius 2 is 1.71 bits per heavy atom. The lowest BCUT2D eigenvalue weighted by molar-refractivity contribution is 0.102. The number of aromatic nitrogens is 2. The molecule has 0 aliphatic carbocycles. The molecule has 3 aromatic rings. The number of benzene rings is 2. The van der Waals surface area contributed by atoms with Crippen molar-refractivity contribution >= 4 is 44.0 Å². The lowest BCUT2D eigenvalue weighted by Crippen LogP contribution is -2.27. The molecule has 0 unspecified atom stereocenters. The summed E-state index contributed by atoms with van der Waals surface area (Å²) in [7, 11) is -3.92. The normalized spacial score (nSPS) is 13.1. The van der Waals surface area contributed by atoms with Gasteiger partial charge in [0.2, 0.25) is 9.47 Å². The fourth-order valence-corrected chi connectivity index (χ4v) is 5.17. The number of nitrogens with zero attached hydrogens (tertiary/aromatic N) is 2. The van der Waals surface area contributed by atoms with Gasteiger partial charge in [0.05, 0.1) is 10.6 Å². The Labute approximate surface area is 190 Å². The molecule has 1 aromatic heterocycles. The number of rotatable bonds is 6. The topological polar surface area (TPSA) is 101 Å². The van der Waals surface area contributed by atoms with Crippen LogP contribution in [0.1, 0.15) is 55.2 Å². The highest BCUT2D eigenvalue weighted by Gasteiger charge is 2.24. The lowest BCUT2D eigenvalue weighted by atomic mass is 9.86. The van der Waals surface area contributed by atoms with Gasteiger partial charge in [0, 0.05) is 6.04 Å². The minimum Gasteiger partial charge on any atom is -0.296 e. The summed E-state index contributed by atoms with van der Waals surface area (Å²) < 4.78 is 27.8. The molecule has 0 aliphatic rings. The highest BCUT2D eigenvalue weighted by molar-refractivity contribution is 7.91.